The molecule has 0 bridgehead atoms. The molecule has 0 saturated heterocycles. The van der Waals surface area contributed by atoms with Crippen LogP contribution in [0, 0.1) is 12.8 Å². The summed E-state index contributed by atoms with van der Waals surface area (Å²) in [6.45, 7) is 7.23. The number of ether oxygens (including phenoxy) is 1. The highest BCUT2D eigenvalue weighted by molar-refractivity contribution is 5.86. The number of fused-ring (bicyclic) bond motifs is 1. The van der Waals surface area contributed by atoms with E-state index in [1.807, 2.05) is 19.9 Å². The fourth-order valence-electron chi connectivity index (χ4n) is 2.34. The molecular weight excluding hydrogens is 262 g/mol. The van der Waals surface area contributed by atoms with Gasteiger partial charge < -0.3 is 10.1 Å². The van der Waals surface area contributed by atoms with Crippen molar-refractivity contribution in [3.63, 3.8) is 0 Å². The molecule has 0 unspecified atom stereocenters. The minimum Gasteiger partial charge on any atom is -0.449 e. The van der Waals surface area contributed by atoms with Crippen molar-refractivity contribution in [3.05, 3.63) is 47.5 Å². The molecule has 3 nitrogen and oxygen atoms in total. The zero-order chi connectivity index (χ0) is 15.2. The average Bonchev–Trinajstić information content (AvgIpc) is 2.48. The second-order valence-electron chi connectivity index (χ2n) is 5.74. The summed E-state index contributed by atoms with van der Waals surface area (Å²) < 4.78 is 5.09. The van der Waals surface area contributed by atoms with Gasteiger partial charge in [-0.05, 0) is 41.2 Å². The van der Waals surface area contributed by atoms with E-state index in [9.17, 15) is 4.79 Å². The van der Waals surface area contributed by atoms with Crippen LogP contribution in [-0.4, -0.2) is 19.2 Å². The average molecular weight is 285 g/mol. The molecule has 0 saturated carbocycles. The number of hydrogen-bond acceptors (Lipinski definition) is 2. The van der Waals surface area contributed by atoms with Crippen LogP contribution < -0.4 is 5.32 Å². The van der Waals surface area contributed by atoms with Gasteiger partial charge in [-0.25, -0.2) is 4.79 Å². The van der Waals surface area contributed by atoms with Crippen molar-refractivity contribution in [3.8, 4) is 0 Å². The van der Waals surface area contributed by atoms with Crippen molar-refractivity contribution in [1.82, 2.24) is 5.32 Å². The molecule has 0 aliphatic heterocycles. The van der Waals surface area contributed by atoms with Crippen molar-refractivity contribution < 1.29 is 9.53 Å². The second kappa shape index (κ2) is 7.11. The Kier molecular flexibility index (Phi) is 5.20. The maximum Gasteiger partial charge on any atom is 0.407 e. The molecule has 2 rings (SSSR count). The van der Waals surface area contributed by atoms with E-state index in [-0.39, 0.29) is 6.09 Å². The number of benzene rings is 2. The first-order chi connectivity index (χ1) is 10.1. The van der Waals surface area contributed by atoms with Crippen LogP contribution in [0.25, 0.3) is 10.8 Å². The van der Waals surface area contributed by atoms with Crippen LogP contribution in [0.3, 0.4) is 0 Å². The lowest BCUT2D eigenvalue weighted by Crippen LogP contribution is -2.27. The standard InChI is InChI=1S/C18H23NO2/c1-13(2)12-21-18(20)19-11-10-15-8-9-16-6-4-5-7-17(16)14(15)3/h4-9,13H,10-12H2,1-3H3,(H,19,20). The highest BCUT2D eigenvalue weighted by Gasteiger charge is 2.06. The third-order valence-corrected chi connectivity index (χ3v) is 3.52. The summed E-state index contributed by atoms with van der Waals surface area (Å²) in [4.78, 5) is 11.5. The van der Waals surface area contributed by atoms with Gasteiger partial charge in [-0.15, -0.1) is 0 Å². The predicted molar refractivity (Wildman–Crippen MR) is 86.6 cm³/mol. The third kappa shape index (κ3) is 4.22. The molecule has 0 spiro atoms. The number of hydrogen-bond donors (Lipinski definition) is 1. The van der Waals surface area contributed by atoms with Gasteiger partial charge in [0.25, 0.3) is 0 Å². The Balaban J connectivity index is 1.92. The van der Waals surface area contributed by atoms with Crippen molar-refractivity contribution in [2.24, 2.45) is 5.92 Å². The number of amides is 1. The van der Waals surface area contributed by atoms with E-state index in [0.29, 0.717) is 19.1 Å². The SMILES string of the molecule is Cc1c(CCNC(=O)OCC(C)C)ccc2ccccc12. The molecule has 2 aromatic carbocycles. The Morgan fingerprint density at radius 3 is 2.71 bits per heavy atom. The lowest BCUT2D eigenvalue weighted by atomic mass is 9.98. The van der Waals surface area contributed by atoms with E-state index < -0.39 is 0 Å². The molecular formula is C18H23NO2. The Labute approximate surface area is 126 Å². The molecule has 0 aliphatic rings. The van der Waals surface area contributed by atoms with Crippen LogP contribution in [0.2, 0.25) is 0 Å². The Morgan fingerprint density at radius 2 is 1.95 bits per heavy atom. The molecule has 2 aromatic rings. The van der Waals surface area contributed by atoms with Crippen molar-refractivity contribution >= 4 is 16.9 Å². The van der Waals surface area contributed by atoms with Gasteiger partial charge in [0.2, 0.25) is 0 Å². The minimum atomic E-state index is -0.331. The smallest absolute Gasteiger partial charge is 0.407 e. The summed E-state index contributed by atoms with van der Waals surface area (Å²) in [5.74, 6) is 0.360. The monoisotopic (exact) mass is 285 g/mol. The molecule has 1 amide bonds. The van der Waals surface area contributed by atoms with Gasteiger partial charge in [0.1, 0.15) is 0 Å². The first-order valence-corrected chi connectivity index (χ1v) is 7.46. The Hall–Kier alpha value is -2.03. The molecule has 0 aliphatic carbocycles. The summed E-state index contributed by atoms with van der Waals surface area (Å²) in [6.07, 6.45) is 0.482. The highest BCUT2D eigenvalue weighted by Crippen LogP contribution is 2.21. The number of carbonyl (C=O) groups is 1. The summed E-state index contributed by atoms with van der Waals surface area (Å²) in [6, 6.07) is 12.6. The summed E-state index contributed by atoms with van der Waals surface area (Å²) in [5, 5.41) is 5.33. The van der Waals surface area contributed by atoms with Gasteiger partial charge in [0, 0.05) is 6.54 Å². The molecule has 1 N–H and O–H groups in total. The first kappa shape index (κ1) is 15.4. The first-order valence-electron chi connectivity index (χ1n) is 7.46. The normalized spacial score (nSPS) is 10.9. The van der Waals surface area contributed by atoms with Crippen LogP contribution in [0.4, 0.5) is 4.79 Å². The second-order valence-corrected chi connectivity index (χ2v) is 5.74. The van der Waals surface area contributed by atoms with E-state index in [1.54, 1.807) is 0 Å². The molecule has 3 heteroatoms. The number of carbonyl (C=O) groups excluding carboxylic acids is 1. The molecule has 0 aromatic heterocycles. The number of alkyl carbamates (subject to hydrolysis) is 1. The molecule has 0 radical (unpaired) electrons. The van der Waals surface area contributed by atoms with E-state index >= 15 is 0 Å². The summed E-state index contributed by atoms with van der Waals surface area (Å²) >= 11 is 0. The largest absolute Gasteiger partial charge is 0.449 e. The van der Waals surface area contributed by atoms with Crippen molar-refractivity contribution in [2.75, 3.05) is 13.2 Å². The summed E-state index contributed by atoms with van der Waals surface area (Å²) in [5.41, 5.74) is 2.54. The van der Waals surface area contributed by atoms with Crippen LogP contribution in [0.15, 0.2) is 36.4 Å². The van der Waals surface area contributed by atoms with E-state index in [2.05, 4.69) is 42.6 Å². The van der Waals surface area contributed by atoms with Crippen LogP contribution in [0.5, 0.6) is 0 Å². The van der Waals surface area contributed by atoms with E-state index in [4.69, 9.17) is 4.74 Å². The molecule has 112 valence electrons. The molecule has 0 heterocycles. The van der Waals surface area contributed by atoms with Gasteiger partial charge in [-0.2, -0.15) is 0 Å². The number of rotatable bonds is 5. The van der Waals surface area contributed by atoms with E-state index in [1.165, 1.54) is 21.9 Å². The minimum absolute atomic E-state index is 0.331. The Morgan fingerprint density at radius 1 is 1.19 bits per heavy atom. The van der Waals surface area contributed by atoms with Gasteiger partial charge in [0.05, 0.1) is 6.61 Å². The van der Waals surface area contributed by atoms with Crippen LogP contribution in [-0.2, 0) is 11.2 Å². The van der Waals surface area contributed by atoms with Gasteiger partial charge in [-0.3, -0.25) is 0 Å². The molecule has 0 atom stereocenters. The van der Waals surface area contributed by atoms with Crippen molar-refractivity contribution in [1.29, 1.82) is 0 Å². The Bertz CT molecular complexity index is 620. The van der Waals surface area contributed by atoms with Crippen molar-refractivity contribution in [2.45, 2.75) is 27.2 Å². The molecule has 21 heavy (non-hydrogen) atoms. The van der Waals surface area contributed by atoms with Gasteiger partial charge in [0.15, 0.2) is 0 Å². The molecule has 0 fully saturated rings. The zero-order valence-electron chi connectivity index (χ0n) is 13.0. The van der Waals surface area contributed by atoms with Crippen LogP contribution >= 0.6 is 0 Å². The number of aryl methyl sites for hydroxylation is 1. The number of nitrogens with one attached hydrogen (secondary N) is 1. The maximum absolute atomic E-state index is 11.5. The predicted octanol–water partition coefficient (Wildman–Crippen LogP) is 4.07. The quantitative estimate of drug-likeness (QED) is 0.899. The lowest BCUT2D eigenvalue weighted by Gasteiger charge is -2.11. The maximum atomic E-state index is 11.5. The summed E-state index contributed by atoms with van der Waals surface area (Å²) in [7, 11) is 0. The fourth-order valence-corrected chi connectivity index (χ4v) is 2.34. The highest BCUT2D eigenvalue weighted by atomic mass is 16.5. The lowest BCUT2D eigenvalue weighted by molar-refractivity contribution is 0.133. The zero-order valence-corrected chi connectivity index (χ0v) is 13.0. The van der Waals surface area contributed by atoms with Crippen LogP contribution in [0.1, 0.15) is 25.0 Å². The topological polar surface area (TPSA) is 38.3 Å². The van der Waals surface area contributed by atoms with E-state index in [0.717, 1.165) is 6.42 Å². The van der Waals surface area contributed by atoms with Gasteiger partial charge >= 0.3 is 6.09 Å². The van der Waals surface area contributed by atoms with Gasteiger partial charge in [-0.1, -0.05) is 50.2 Å². The third-order valence-electron chi connectivity index (χ3n) is 3.52. The fraction of sp³-hybridized carbons (Fsp3) is 0.389.